The molecule has 0 saturated carbocycles. The SMILES string of the molecule is CCCCc1cc(Oc2ccc(C(=O)OCCOCC)cc2)c2c(C3=CC(CC(F)(F)F)=CC3)c3c(cc2c1)C(=N)N=C3N. The lowest BCUT2D eigenvalue weighted by Gasteiger charge is -2.19. The van der Waals surface area contributed by atoms with Gasteiger partial charge in [-0.1, -0.05) is 31.6 Å². The summed E-state index contributed by atoms with van der Waals surface area (Å²) < 4.78 is 56.7. The van der Waals surface area contributed by atoms with E-state index in [-0.39, 0.29) is 30.3 Å². The van der Waals surface area contributed by atoms with E-state index in [1.165, 1.54) is 0 Å². The van der Waals surface area contributed by atoms with Gasteiger partial charge < -0.3 is 19.9 Å². The Balaban J connectivity index is 1.59. The first-order chi connectivity index (χ1) is 21.1. The molecule has 1 heterocycles. The number of carbonyl (C=O) groups is 1. The second-order valence-corrected chi connectivity index (χ2v) is 10.7. The number of halogens is 3. The molecule has 0 saturated heterocycles. The van der Waals surface area contributed by atoms with Crippen LogP contribution in [-0.2, 0) is 15.9 Å². The zero-order valence-corrected chi connectivity index (χ0v) is 24.6. The molecule has 1 aliphatic heterocycles. The maximum atomic E-state index is 13.3. The van der Waals surface area contributed by atoms with Gasteiger partial charge in [-0.05, 0) is 84.7 Å². The number of hydrogen-bond donors (Lipinski definition) is 2. The third-order valence-electron chi connectivity index (χ3n) is 7.48. The smallest absolute Gasteiger partial charge is 0.393 e. The van der Waals surface area contributed by atoms with Gasteiger partial charge in [-0.25, -0.2) is 9.79 Å². The predicted molar refractivity (Wildman–Crippen MR) is 165 cm³/mol. The number of rotatable bonds is 12. The lowest BCUT2D eigenvalue weighted by molar-refractivity contribution is -0.126. The second kappa shape index (κ2) is 13.1. The zero-order valence-electron chi connectivity index (χ0n) is 24.6. The summed E-state index contributed by atoms with van der Waals surface area (Å²) in [6.45, 7) is 4.96. The van der Waals surface area contributed by atoms with E-state index in [1.54, 1.807) is 36.4 Å². The highest BCUT2D eigenvalue weighted by atomic mass is 19.4. The summed E-state index contributed by atoms with van der Waals surface area (Å²) >= 11 is 0. The number of unbranched alkanes of at least 4 members (excludes halogenated alkanes) is 1. The number of aryl methyl sites for hydroxylation is 1. The van der Waals surface area contributed by atoms with Crippen molar-refractivity contribution in [2.24, 2.45) is 10.7 Å². The third kappa shape index (κ3) is 6.86. The predicted octanol–water partition coefficient (Wildman–Crippen LogP) is 7.88. The number of benzene rings is 3. The van der Waals surface area contributed by atoms with Gasteiger partial charge in [0.25, 0.3) is 0 Å². The molecule has 0 bridgehead atoms. The van der Waals surface area contributed by atoms with Crippen molar-refractivity contribution in [2.75, 3.05) is 19.8 Å². The molecule has 44 heavy (non-hydrogen) atoms. The first-order valence-electron chi connectivity index (χ1n) is 14.6. The molecule has 0 unspecified atom stereocenters. The van der Waals surface area contributed by atoms with Gasteiger partial charge in [0.1, 0.15) is 23.9 Å². The van der Waals surface area contributed by atoms with Crippen LogP contribution < -0.4 is 10.5 Å². The Morgan fingerprint density at radius 2 is 1.84 bits per heavy atom. The summed E-state index contributed by atoms with van der Waals surface area (Å²) in [5, 5.41) is 9.90. The van der Waals surface area contributed by atoms with Gasteiger partial charge >= 0.3 is 12.1 Å². The van der Waals surface area contributed by atoms with E-state index in [4.69, 9.17) is 25.4 Å². The Morgan fingerprint density at radius 3 is 2.55 bits per heavy atom. The van der Waals surface area contributed by atoms with Crippen LogP contribution in [0.3, 0.4) is 0 Å². The first-order valence-corrected chi connectivity index (χ1v) is 14.6. The summed E-state index contributed by atoms with van der Waals surface area (Å²) in [6.07, 6.45) is 0.750. The fourth-order valence-corrected chi connectivity index (χ4v) is 5.50. The Kier molecular flexibility index (Phi) is 9.20. The molecule has 0 radical (unpaired) electrons. The highest BCUT2D eigenvalue weighted by Gasteiger charge is 2.32. The molecule has 1 aliphatic carbocycles. The molecule has 10 heteroatoms. The second-order valence-electron chi connectivity index (χ2n) is 10.7. The third-order valence-corrected chi connectivity index (χ3v) is 7.48. The monoisotopic (exact) mass is 605 g/mol. The van der Waals surface area contributed by atoms with Crippen LogP contribution in [0.4, 0.5) is 13.2 Å². The molecule has 230 valence electrons. The molecule has 0 amide bonds. The number of alkyl halides is 3. The maximum Gasteiger partial charge on any atom is 0.393 e. The standard InChI is InChI=1S/C34H34F3N3O4/c1-3-5-6-20-15-24-18-26-30(32(39)40-31(26)38)29(23-8-7-21(16-23)19-34(35,36)37)28(24)27(17-20)44-25-11-9-22(10-12-25)33(41)43-14-13-42-4-2/h7,9-12,15-18H,3-6,8,13-14,19H2,1-2H3,(H3,38,39,40). The molecule has 0 spiro atoms. The largest absolute Gasteiger partial charge is 0.460 e. The van der Waals surface area contributed by atoms with Crippen LogP contribution in [0.25, 0.3) is 16.3 Å². The van der Waals surface area contributed by atoms with Gasteiger partial charge in [-0.15, -0.1) is 0 Å². The fourth-order valence-electron chi connectivity index (χ4n) is 5.50. The number of amidine groups is 2. The number of hydrogen-bond acceptors (Lipinski definition) is 6. The van der Waals surface area contributed by atoms with E-state index in [9.17, 15) is 18.0 Å². The number of nitrogens with two attached hydrogens (primary N) is 1. The summed E-state index contributed by atoms with van der Waals surface area (Å²) in [7, 11) is 0. The number of fused-ring (bicyclic) bond motifs is 2. The van der Waals surface area contributed by atoms with E-state index in [1.807, 2.05) is 25.1 Å². The maximum absolute atomic E-state index is 13.3. The van der Waals surface area contributed by atoms with E-state index >= 15 is 0 Å². The van der Waals surface area contributed by atoms with Crippen LogP contribution in [0, 0.1) is 5.41 Å². The zero-order chi connectivity index (χ0) is 31.4. The summed E-state index contributed by atoms with van der Waals surface area (Å²) in [5.41, 5.74) is 10.2. The van der Waals surface area contributed by atoms with E-state index in [0.717, 1.165) is 30.2 Å². The van der Waals surface area contributed by atoms with Crippen LogP contribution >= 0.6 is 0 Å². The van der Waals surface area contributed by atoms with E-state index in [2.05, 4.69) is 11.9 Å². The molecule has 7 nitrogen and oxygen atoms in total. The first kappa shape index (κ1) is 31.0. The minimum atomic E-state index is -4.34. The van der Waals surface area contributed by atoms with Gasteiger partial charge in [0.15, 0.2) is 5.84 Å². The van der Waals surface area contributed by atoms with Gasteiger partial charge in [-0.3, -0.25) is 5.41 Å². The highest BCUT2D eigenvalue weighted by Crippen LogP contribution is 2.45. The topological polar surface area (TPSA) is 107 Å². The Labute approximate surface area is 253 Å². The molecule has 0 fully saturated rings. The molecule has 0 aromatic heterocycles. The van der Waals surface area contributed by atoms with Crippen LogP contribution in [0.15, 0.2) is 65.2 Å². The quantitative estimate of drug-likeness (QED) is 0.161. The minimum Gasteiger partial charge on any atom is -0.460 e. The van der Waals surface area contributed by atoms with Crippen molar-refractivity contribution in [2.45, 2.75) is 52.1 Å². The van der Waals surface area contributed by atoms with Crippen molar-refractivity contribution in [1.82, 2.24) is 0 Å². The Morgan fingerprint density at radius 1 is 1.07 bits per heavy atom. The Bertz CT molecular complexity index is 1690. The summed E-state index contributed by atoms with van der Waals surface area (Å²) in [4.78, 5) is 16.6. The number of aliphatic imine (C=N–C) groups is 1. The molecule has 3 aromatic carbocycles. The number of carbonyl (C=O) groups excluding carboxylic acids is 1. The molecule has 3 N–H and O–H groups in total. The molecular weight excluding hydrogens is 571 g/mol. The van der Waals surface area contributed by atoms with Crippen molar-refractivity contribution >= 4 is 34.0 Å². The van der Waals surface area contributed by atoms with Crippen molar-refractivity contribution in [3.63, 3.8) is 0 Å². The summed E-state index contributed by atoms with van der Waals surface area (Å²) in [6, 6.07) is 12.4. The lowest BCUT2D eigenvalue weighted by atomic mass is 9.87. The van der Waals surface area contributed by atoms with Crippen LogP contribution in [0.2, 0.25) is 0 Å². The highest BCUT2D eigenvalue weighted by molar-refractivity contribution is 6.26. The minimum absolute atomic E-state index is 0.00730. The number of nitrogens with one attached hydrogen (secondary N) is 1. The van der Waals surface area contributed by atoms with Crippen molar-refractivity contribution in [3.8, 4) is 11.5 Å². The van der Waals surface area contributed by atoms with Crippen molar-refractivity contribution in [3.05, 3.63) is 88.0 Å². The van der Waals surface area contributed by atoms with Crippen LogP contribution in [0.5, 0.6) is 11.5 Å². The van der Waals surface area contributed by atoms with Gasteiger partial charge in [-0.2, -0.15) is 13.2 Å². The average molecular weight is 606 g/mol. The molecule has 2 aliphatic rings. The summed E-state index contributed by atoms with van der Waals surface area (Å²) in [5.74, 6) is 0.624. The van der Waals surface area contributed by atoms with E-state index in [0.29, 0.717) is 57.9 Å². The number of esters is 1. The molecule has 5 rings (SSSR count). The molecule has 3 aromatic rings. The number of nitrogens with zero attached hydrogens (tertiary/aromatic N) is 1. The molecule has 0 atom stereocenters. The van der Waals surface area contributed by atoms with Crippen molar-refractivity contribution < 1.29 is 32.2 Å². The van der Waals surface area contributed by atoms with Gasteiger partial charge in [0.05, 0.1) is 18.6 Å². The number of ether oxygens (including phenoxy) is 3. The van der Waals surface area contributed by atoms with E-state index < -0.39 is 18.6 Å². The Hall–Kier alpha value is -4.44. The average Bonchev–Trinajstić information content (AvgIpc) is 3.55. The van der Waals surface area contributed by atoms with Crippen molar-refractivity contribution in [1.29, 1.82) is 5.41 Å². The lowest BCUT2D eigenvalue weighted by Crippen LogP contribution is -2.14. The fraction of sp³-hybridized carbons (Fsp3) is 0.324. The van der Waals surface area contributed by atoms with Crippen LogP contribution in [-0.4, -0.2) is 43.6 Å². The number of allylic oxidation sites excluding steroid dienone is 4. The normalized spacial score (nSPS) is 14.4. The van der Waals surface area contributed by atoms with Gasteiger partial charge in [0.2, 0.25) is 0 Å². The van der Waals surface area contributed by atoms with Gasteiger partial charge in [0, 0.05) is 28.7 Å². The van der Waals surface area contributed by atoms with Crippen LogP contribution in [0.1, 0.15) is 72.1 Å². The molecular formula is C34H34F3N3O4.